The lowest BCUT2D eigenvalue weighted by Crippen LogP contribution is -2.20. The molecule has 0 saturated heterocycles. The van der Waals surface area contributed by atoms with Crippen LogP contribution >= 0.6 is 0 Å². The molecular formula is C25H24N6O2. The number of anilines is 4. The van der Waals surface area contributed by atoms with Gasteiger partial charge < -0.3 is 21.7 Å². The van der Waals surface area contributed by atoms with E-state index in [1.165, 1.54) is 6.20 Å². The van der Waals surface area contributed by atoms with Crippen molar-refractivity contribution in [1.29, 1.82) is 0 Å². The summed E-state index contributed by atoms with van der Waals surface area (Å²) in [6.45, 7) is 2.33. The van der Waals surface area contributed by atoms with Gasteiger partial charge in [-0.05, 0) is 42.3 Å². The average molecular weight is 441 g/mol. The number of aryl methyl sites for hydroxylation is 1. The fourth-order valence-electron chi connectivity index (χ4n) is 3.29. The van der Waals surface area contributed by atoms with Crippen molar-refractivity contribution >= 4 is 34.8 Å². The monoisotopic (exact) mass is 440 g/mol. The Balaban J connectivity index is 1.44. The first kappa shape index (κ1) is 21.6. The van der Waals surface area contributed by atoms with Gasteiger partial charge >= 0.3 is 6.03 Å². The summed E-state index contributed by atoms with van der Waals surface area (Å²) in [6.07, 6.45) is 1.46. The summed E-state index contributed by atoms with van der Waals surface area (Å²) in [7, 11) is 0. The molecule has 1 aromatic heterocycles. The highest BCUT2D eigenvalue weighted by atomic mass is 16.2. The number of nitrogens with two attached hydrogens (primary N) is 1. The summed E-state index contributed by atoms with van der Waals surface area (Å²) in [5.74, 6) is -0.0914. The van der Waals surface area contributed by atoms with E-state index in [9.17, 15) is 9.59 Å². The third-order valence-corrected chi connectivity index (χ3v) is 5.08. The minimum absolute atomic E-state index is 0.283. The molecule has 0 aliphatic carbocycles. The molecule has 0 fully saturated rings. The number of aromatic nitrogens is 2. The zero-order valence-corrected chi connectivity index (χ0v) is 18.1. The molecular weight excluding hydrogens is 416 g/mol. The fourth-order valence-corrected chi connectivity index (χ4v) is 3.29. The molecule has 5 N–H and O–H groups in total. The van der Waals surface area contributed by atoms with E-state index in [1.54, 1.807) is 28.9 Å². The second-order valence-corrected chi connectivity index (χ2v) is 7.52. The molecule has 0 radical (unpaired) electrons. The number of carbonyl (C=O) groups excluding carboxylic acids is 2. The maximum atomic E-state index is 12.9. The van der Waals surface area contributed by atoms with Crippen LogP contribution in [0, 0.1) is 6.92 Å². The highest BCUT2D eigenvalue weighted by Crippen LogP contribution is 2.23. The van der Waals surface area contributed by atoms with Gasteiger partial charge in [-0.3, -0.25) is 4.79 Å². The molecule has 8 nitrogen and oxygen atoms in total. The van der Waals surface area contributed by atoms with Crippen LogP contribution < -0.4 is 21.7 Å². The summed E-state index contributed by atoms with van der Waals surface area (Å²) in [4.78, 5) is 25.2. The Labute approximate surface area is 191 Å². The molecule has 8 heteroatoms. The first-order chi connectivity index (χ1) is 16.0. The second kappa shape index (κ2) is 9.69. The predicted molar refractivity (Wildman–Crippen MR) is 130 cm³/mol. The van der Waals surface area contributed by atoms with E-state index in [4.69, 9.17) is 5.73 Å². The van der Waals surface area contributed by atoms with E-state index in [-0.39, 0.29) is 23.3 Å². The molecule has 0 atom stereocenters. The van der Waals surface area contributed by atoms with Gasteiger partial charge in [0.1, 0.15) is 11.4 Å². The number of benzene rings is 3. The number of hydrogen-bond donors (Lipinski definition) is 4. The van der Waals surface area contributed by atoms with Crippen LogP contribution in [0.1, 0.15) is 21.5 Å². The van der Waals surface area contributed by atoms with Crippen LogP contribution in [0.15, 0.2) is 85.1 Å². The van der Waals surface area contributed by atoms with Gasteiger partial charge in [-0.25, -0.2) is 9.48 Å². The Bertz CT molecular complexity index is 1270. The van der Waals surface area contributed by atoms with Crippen LogP contribution in [-0.2, 0) is 6.54 Å². The third kappa shape index (κ3) is 5.37. The summed E-state index contributed by atoms with van der Waals surface area (Å²) in [5, 5.41) is 12.7. The molecule has 4 rings (SSSR count). The van der Waals surface area contributed by atoms with Gasteiger partial charge in [-0.2, -0.15) is 5.10 Å². The third-order valence-electron chi connectivity index (χ3n) is 5.08. The molecule has 33 heavy (non-hydrogen) atoms. The maximum Gasteiger partial charge on any atom is 0.323 e. The molecule has 1 heterocycles. The summed E-state index contributed by atoms with van der Waals surface area (Å²) in [6, 6.07) is 23.8. The highest BCUT2D eigenvalue weighted by Gasteiger charge is 2.17. The molecule has 0 spiro atoms. The average Bonchev–Trinajstić information content (AvgIpc) is 3.17. The van der Waals surface area contributed by atoms with E-state index in [1.807, 2.05) is 61.5 Å². The molecule has 0 aliphatic heterocycles. The maximum absolute atomic E-state index is 12.9. The first-order valence-corrected chi connectivity index (χ1v) is 10.4. The van der Waals surface area contributed by atoms with Crippen LogP contribution in [0.2, 0.25) is 0 Å². The summed E-state index contributed by atoms with van der Waals surface area (Å²) in [5.41, 5.74) is 10.1. The van der Waals surface area contributed by atoms with Crippen molar-refractivity contribution in [1.82, 2.24) is 9.78 Å². The van der Waals surface area contributed by atoms with Crippen molar-refractivity contribution in [2.75, 3.05) is 21.7 Å². The topological polar surface area (TPSA) is 114 Å². The van der Waals surface area contributed by atoms with E-state index in [2.05, 4.69) is 21.0 Å². The quantitative estimate of drug-likeness (QED) is 0.347. The Morgan fingerprint density at radius 2 is 1.55 bits per heavy atom. The number of urea groups is 1. The zero-order chi connectivity index (χ0) is 23.2. The molecule has 3 aromatic carbocycles. The molecule has 0 unspecified atom stereocenters. The van der Waals surface area contributed by atoms with Crippen LogP contribution in [0.3, 0.4) is 0 Å². The van der Waals surface area contributed by atoms with E-state index >= 15 is 0 Å². The number of nitrogens with zero attached hydrogens (tertiary/aromatic N) is 2. The van der Waals surface area contributed by atoms with Gasteiger partial charge in [-0.1, -0.05) is 54.6 Å². The van der Waals surface area contributed by atoms with Crippen LogP contribution in [0.5, 0.6) is 0 Å². The van der Waals surface area contributed by atoms with Crippen molar-refractivity contribution < 1.29 is 9.59 Å². The molecule has 3 amide bonds. The minimum atomic E-state index is -0.381. The number of nitrogen functional groups attached to an aromatic ring is 1. The van der Waals surface area contributed by atoms with E-state index in [0.29, 0.717) is 23.6 Å². The largest absolute Gasteiger partial charge is 0.383 e. The molecule has 0 saturated carbocycles. The second-order valence-electron chi connectivity index (χ2n) is 7.52. The zero-order valence-electron chi connectivity index (χ0n) is 18.1. The van der Waals surface area contributed by atoms with Gasteiger partial charge in [0, 0.05) is 17.1 Å². The minimum Gasteiger partial charge on any atom is -0.383 e. The van der Waals surface area contributed by atoms with Crippen LogP contribution in [0.4, 0.5) is 27.7 Å². The number of para-hydroxylation sites is 1. The van der Waals surface area contributed by atoms with E-state index in [0.717, 1.165) is 11.1 Å². The van der Waals surface area contributed by atoms with Crippen molar-refractivity contribution in [3.8, 4) is 0 Å². The van der Waals surface area contributed by atoms with Crippen molar-refractivity contribution in [2.24, 2.45) is 0 Å². The number of rotatable bonds is 6. The lowest BCUT2D eigenvalue weighted by Gasteiger charge is -2.12. The SMILES string of the molecule is Cc1ccc(NC(=O)Nc2ccccc2)cc1NC(=O)c1cnn(Cc2ccccc2)c1N. The smallest absolute Gasteiger partial charge is 0.323 e. The molecule has 0 bridgehead atoms. The van der Waals surface area contributed by atoms with Crippen LogP contribution in [0.25, 0.3) is 0 Å². The van der Waals surface area contributed by atoms with Crippen molar-refractivity contribution in [3.05, 3.63) is 102 Å². The van der Waals surface area contributed by atoms with Gasteiger partial charge in [0.2, 0.25) is 0 Å². The highest BCUT2D eigenvalue weighted by molar-refractivity contribution is 6.08. The van der Waals surface area contributed by atoms with Gasteiger partial charge in [0.15, 0.2) is 0 Å². The Kier molecular flexibility index (Phi) is 6.36. The number of carbonyl (C=O) groups is 2. The van der Waals surface area contributed by atoms with Crippen molar-refractivity contribution in [3.63, 3.8) is 0 Å². The molecule has 4 aromatic rings. The fraction of sp³-hybridized carbons (Fsp3) is 0.0800. The summed E-state index contributed by atoms with van der Waals surface area (Å²) < 4.78 is 1.59. The van der Waals surface area contributed by atoms with Crippen LogP contribution in [-0.4, -0.2) is 21.7 Å². The number of hydrogen-bond acceptors (Lipinski definition) is 4. The lowest BCUT2D eigenvalue weighted by molar-refractivity contribution is 0.102. The van der Waals surface area contributed by atoms with E-state index < -0.39 is 0 Å². The lowest BCUT2D eigenvalue weighted by atomic mass is 10.1. The Morgan fingerprint density at radius 1 is 0.879 bits per heavy atom. The normalized spacial score (nSPS) is 10.5. The van der Waals surface area contributed by atoms with Gasteiger partial charge in [0.25, 0.3) is 5.91 Å². The van der Waals surface area contributed by atoms with Crippen molar-refractivity contribution in [2.45, 2.75) is 13.5 Å². The van der Waals surface area contributed by atoms with Gasteiger partial charge in [0.05, 0.1) is 12.7 Å². The predicted octanol–water partition coefficient (Wildman–Crippen LogP) is 4.72. The molecule has 0 aliphatic rings. The van der Waals surface area contributed by atoms with Gasteiger partial charge in [-0.15, -0.1) is 0 Å². The first-order valence-electron chi connectivity index (χ1n) is 10.4. The Hall–Kier alpha value is -4.59. The summed E-state index contributed by atoms with van der Waals surface area (Å²) >= 11 is 0. The standard InChI is InChI=1S/C25H24N6O2/c1-17-12-13-20(29-25(33)28-19-10-6-3-7-11-19)14-22(17)30-24(32)21-15-27-31(23(21)26)16-18-8-4-2-5-9-18/h2-15H,16,26H2,1H3,(H,30,32)(H2,28,29,33). The number of nitrogens with one attached hydrogen (secondary N) is 3. The number of amides is 3. The Morgan fingerprint density at radius 3 is 2.27 bits per heavy atom. The molecule has 166 valence electrons.